The number of phenols is 1. The molecule has 1 heterocycles. The average Bonchev–Trinajstić information content (AvgIpc) is 2.58. The van der Waals surface area contributed by atoms with Gasteiger partial charge in [0.2, 0.25) is 0 Å². The van der Waals surface area contributed by atoms with Crippen molar-refractivity contribution in [3.8, 4) is 5.75 Å². The highest BCUT2D eigenvalue weighted by Gasteiger charge is 2.12. The predicted molar refractivity (Wildman–Crippen MR) is 59.3 cm³/mol. The number of hydrogen-bond donors (Lipinski definition) is 1. The SMILES string of the molecule is CCc1ccc(O)c2c(C=O)cn(C)c12. The Labute approximate surface area is 87.9 Å². The zero-order valence-electron chi connectivity index (χ0n) is 8.82. The van der Waals surface area contributed by atoms with E-state index in [1.54, 1.807) is 12.3 Å². The van der Waals surface area contributed by atoms with Gasteiger partial charge in [-0.15, -0.1) is 0 Å². The van der Waals surface area contributed by atoms with E-state index in [1.165, 1.54) is 0 Å². The number of benzene rings is 1. The normalized spacial score (nSPS) is 10.8. The number of carbonyl (C=O) groups is 1. The lowest BCUT2D eigenvalue weighted by Crippen LogP contribution is -1.90. The molecule has 0 aliphatic heterocycles. The number of carbonyl (C=O) groups excluding carboxylic acids is 1. The van der Waals surface area contributed by atoms with E-state index in [-0.39, 0.29) is 5.75 Å². The minimum Gasteiger partial charge on any atom is -0.507 e. The maximum absolute atomic E-state index is 10.9. The number of rotatable bonds is 2. The number of aryl methyl sites for hydroxylation is 2. The molecular weight excluding hydrogens is 190 g/mol. The van der Waals surface area contributed by atoms with Crippen LogP contribution in [0.5, 0.6) is 5.75 Å². The van der Waals surface area contributed by atoms with Gasteiger partial charge in [-0.3, -0.25) is 4.79 Å². The summed E-state index contributed by atoms with van der Waals surface area (Å²) >= 11 is 0. The predicted octanol–water partition coefficient (Wildman–Crippen LogP) is 2.26. The molecule has 0 atom stereocenters. The lowest BCUT2D eigenvalue weighted by Gasteiger charge is -2.04. The summed E-state index contributed by atoms with van der Waals surface area (Å²) in [4.78, 5) is 10.9. The Kier molecular flexibility index (Phi) is 2.23. The number of aldehydes is 1. The van der Waals surface area contributed by atoms with E-state index in [0.29, 0.717) is 10.9 Å². The van der Waals surface area contributed by atoms with Gasteiger partial charge in [0.25, 0.3) is 0 Å². The molecule has 3 heteroatoms. The van der Waals surface area contributed by atoms with Crippen LogP contribution in [0.15, 0.2) is 18.3 Å². The number of nitrogens with zero attached hydrogens (tertiary/aromatic N) is 1. The van der Waals surface area contributed by atoms with Crippen LogP contribution in [-0.4, -0.2) is 16.0 Å². The van der Waals surface area contributed by atoms with Gasteiger partial charge >= 0.3 is 0 Å². The fraction of sp³-hybridized carbons (Fsp3) is 0.250. The van der Waals surface area contributed by atoms with Crippen LogP contribution >= 0.6 is 0 Å². The van der Waals surface area contributed by atoms with Crippen molar-refractivity contribution in [2.75, 3.05) is 0 Å². The molecule has 0 saturated carbocycles. The summed E-state index contributed by atoms with van der Waals surface area (Å²) < 4.78 is 1.89. The molecule has 0 fully saturated rings. The molecule has 1 aromatic carbocycles. The van der Waals surface area contributed by atoms with Crippen molar-refractivity contribution < 1.29 is 9.90 Å². The molecule has 1 N–H and O–H groups in total. The molecule has 78 valence electrons. The molecule has 2 rings (SSSR count). The third kappa shape index (κ3) is 1.31. The van der Waals surface area contributed by atoms with Crippen molar-refractivity contribution >= 4 is 17.2 Å². The van der Waals surface area contributed by atoms with E-state index in [4.69, 9.17) is 0 Å². The summed E-state index contributed by atoms with van der Waals surface area (Å²) in [5.74, 6) is 0.171. The second-order valence-electron chi connectivity index (χ2n) is 3.63. The first-order valence-electron chi connectivity index (χ1n) is 4.94. The molecule has 0 radical (unpaired) electrons. The van der Waals surface area contributed by atoms with Gasteiger partial charge in [0.1, 0.15) is 5.75 Å². The second-order valence-corrected chi connectivity index (χ2v) is 3.63. The van der Waals surface area contributed by atoms with Crippen LogP contribution in [-0.2, 0) is 13.5 Å². The van der Waals surface area contributed by atoms with Gasteiger partial charge in [0, 0.05) is 18.8 Å². The number of aromatic nitrogens is 1. The van der Waals surface area contributed by atoms with Gasteiger partial charge in [-0.2, -0.15) is 0 Å². The Bertz CT molecular complexity index is 526. The fourth-order valence-electron chi connectivity index (χ4n) is 2.02. The van der Waals surface area contributed by atoms with Gasteiger partial charge < -0.3 is 9.67 Å². The number of fused-ring (bicyclic) bond motifs is 1. The van der Waals surface area contributed by atoms with E-state index in [1.807, 2.05) is 17.7 Å². The first kappa shape index (κ1) is 9.77. The topological polar surface area (TPSA) is 42.2 Å². The van der Waals surface area contributed by atoms with Gasteiger partial charge in [0.05, 0.1) is 10.9 Å². The highest BCUT2D eigenvalue weighted by molar-refractivity contribution is 6.02. The number of hydrogen-bond acceptors (Lipinski definition) is 2. The maximum Gasteiger partial charge on any atom is 0.152 e. The molecule has 0 aliphatic rings. The van der Waals surface area contributed by atoms with E-state index >= 15 is 0 Å². The van der Waals surface area contributed by atoms with Crippen LogP contribution in [0.4, 0.5) is 0 Å². The lowest BCUT2D eigenvalue weighted by atomic mass is 10.1. The zero-order chi connectivity index (χ0) is 11.0. The molecule has 1 aromatic heterocycles. The van der Waals surface area contributed by atoms with Crippen molar-refractivity contribution in [2.45, 2.75) is 13.3 Å². The summed E-state index contributed by atoms with van der Waals surface area (Å²) in [5.41, 5.74) is 2.62. The Morgan fingerprint density at radius 3 is 2.80 bits per heavy atom. The molecule has 0 bridgehead atoms. The Morgan fingerprint density at radius 1 is 1.47 bits per heavy atom. The summed E-state index contributed by atoms with van der Waals surface area (Å²) in [5, 5.41) is 10.4. The molecule has 2 aromatic rings. The quantitative estimate of drug-likeness (QED) is 0.761. The third-order valence-electron chi connectivity index (χ3n) is 2.72. The first-order chi connectivity index (χ1) is 7.19. The average molecular weight is 203 g/mol. The molecule has 0 saturated heterocycles. The van der Waals surface area contributed by atoms with E-state index < -0.39 is 0 Å². The number of phenolic OH excluding ortho intramolecular Hbond substituents is 1. The van der Waals surface area contributed by atoms with Crippen molar-refractivity contribution in [3.05, 3.63) is 29.5 Å². The third-order valence-corrected chi connectivity index (χ3v) is 2.72. The first-order valence-corrected chi connectivity index (χ1v) is 4.94. The maximum atomic E-state index is 10.9. The molecule has 15 heavy (non-hydrogen) atoms. The highest BCUT2D eigenvalue weighted by Crippen LogP contribution is 2.31. The molecule has 3 nitrogen and oxygen atoms in total. The smallest absolute Gasteiger partial charge is 0.152 e. The van der Waals surface area contributed by atoms with Crippen LogP contribution in [0.3, 0.4) is 0 Å². The second kappa shape index (κ2) is 3.42. The fourth-order valence-corrected chi connectivity index (χ4v) is 2.02. The van der Waals surface area contributed by atoms with Crippen molar-refractivity contribution in [1.82, 2.24) is 4.57 Å². The van der Waals surface area contributed by atoms with Crippen LogP contribution in [0, 0.1) is 0 Å². The van der Waals surface area contributed by atoms with Gasteiger partial charge in [0.15, 0.2) is 6.29 Å². The van der Waals surface area contributed by atoms with Crippen LogP contribution in [0.1, 0.15) is 22.8 Å². The highest BCUT2D eigenvalue weighted by atomic mass is 16.3. The molecule has 0 amide bonds. The molecule has 0 aliphatic carbocycles. The van der Waals surface area contributed by atoms with Crippen LogP contribution < -0.4 is 0 Å². The largest absolute Gasteiger partial charge is 0.507 e. The Balaban J connectivity index is 2.95. The molecular formula is C12H13NO2. The summed E-state index contributed by atoms with van der Waals surface area (Å²) in [6.07, 6.45) is 3.41. The summed E-state index contributed by atoms with van der Waals surface area (Å²) in [7, 11) is 1.88. The Morgan fingerprint density at radius 2 is 2.20 bits per heavy atom. The lowest BCUT2D eigenvalue weighted by molar-refractivity contribution is 0.112. The van der Waals surface area contributed by atoms with Crippen molar-refractivity contribution in [2.24, 2.45) is 7.05 Å². The van der Waals surface area contributed by atoms with E-state index in [9.17, 15) is 9.90 Å². The Hall–Kier alpha value is -1.77. The summed E-state index contributed by atoms with van der Waals surface area (Å²) in [6.45, 7) is 2.05. The van der Waals surface area contributed by atoms with E-state index in [0.717, 1.165) is 23.8 Å². The minimum atomic E-state index is 0.171. The number of aromatic hydroxyl groups is 1. The van der Waals surface area contributed by atoms with Gasteiger partial charge in [-0.05, 0) is 18.1 Å². The van der Waals surface area contributed by atoms with E-state index in [2.05, 4.69) is 6.92 Å². The molecule has 0 unspecified atom stereocenters. The summed E-state index contributed by atoms with van der Waals surface area (Å²) in [6, 6.07) is 3.54. The van der Waals surface area contributed by atoms with Gasteiger partial charge in [-0.25, -0.2) is 0 Å². The van der Waals surface area contributed by atoms with Crippen molar-refractivity contribution in [1.29, 1.82) is 0 Å². The van der Waals surface area contributed by atoms with Crippen LogP contribution in [0.25, 0.3) is 10.9 Å². The monoisotopic (exact) mass is 203 g/mol. The standard InChI is InChI=1S/C12H13NO2/c1-3-8-4-5-10(15)11-9(7-14)6-13(2)12(8)11/h4-7,15H,3H2,1-2H3. The van der Waals surface area contributed by atoms with Crippen LogP contribution in [0.2, 0.25) is 0 Å². The minimum absolute atomic E-state index is 0.171. The van der Waals surface area contributed by atoms with Crippen molar-refractivity contribution in [3.63, 3.8) is 0 Å². The zero-order valence-corrected chi connectivity index (χ0v) is 8.82. The molecule has 0 spiro atoms. The van der Waals surface area contributed by atoms with Gasteiger partial charge in [-0.1, -0.05) is 13.0 Å².